The molecule has 6 aromatic carbocycles. The number of nitrogens with one attached hydrogen (secondary N) is 1. The van der Waals surface area contributed by atoms with E-state index in [1.807, 2.05) is 18.2 Å². The van der Waals surface area contributed by atoms with Gasteiger partial charge in [0.25, 0.3) is 0 Å². The van der Waals surface area contributed by atoms with Crippen molar-refractivity contribution >= 4 is 44.1 Å². The van der Waals surface area contributed by atoms with Crippen molar-refractivity contribution in [2.24, 2.45) is 0 Å². The zero-order valence-corrected chi connectivity index (χ0v) is 19.6. The molecule has 0 atom stereocenters. The van der Waals surface area contributed by atoms with Crippen LogP contribution in [-0.2, 0) is 0 Å². The molecule has 0 spiro atoms. The third kappa shape index (κ3) is 3.43. The number of hydrogen-bond acceptors (Lipinski definition) is 2. The quantitative estimate of drug-likeness (QED) is 0.282. The van der Waals surface area contributed by atoms with Gasteiger partial charge in [0.05, 0.1) is 11.1 Å². The standard InChI is InChI=1S/C34H23NO/c1-2-10-23(11-3-1)25-20-21-32-29(22-25)34-31(18-9-19-33(34)36-32)35-30-17-7-6-15-28(30)27-16-8-13-24-12-4-5-14-26(24)27/h1-22,35H. The molecule has 0 bridgehead atoms. The summed E-state index contributed by atoms with van der Waals surface area (Å²) in [5.74, 6) is 0. The van der Waals surface area contributed by atoms with E-state index in [4.69, 9.17) is 4.42 Å². The van der Waals surface area contributed by atoms with E-state index in [1.165, 1.54) is 33.0 Å². The molecule has 0 amide bonds. The maximum absolute atomic E-state index is 6.25. The molecule has 0 aliphatic carbocycles. The van der Waals surface area contributed by atoms with Gasteiger partial charge in [-0.1, -0.05) is 103 Å². The Kier molecular flexibility index (Phi) is 4.82. The van der Waals surface area contributed by atoms with Crippen molar-refractivity contribution < 1.29 is 4.42 Å². The van der Waals surface area contributed by atoms with Gasteiger partial charge in [0.2, 0.25) is 0 Å². The summed E-state index contributed by atoms with van der Waals surface area (Å²) in [5.41, 5.74) is 8.62. The van der Waals surface area contributed by atoms with Crippen LogP contribution in [0, 0.1) is 0 Å². The van der Waals surface area contributed by atoms with Crippen molar-refractivity contribution in [1.82, 2.24) is 0 Å². The molecule has 0 saturated carbocycles. The number of anilines is 2. The van der Waals surface area contributed by atoms with Gasteiger partial charge in [-0.2, -0.15) is 0 Å². The Morgan fingerprint density at radius 3 is 2.11 bits per heavy atom. The van der Waals surface area contributed by atoms with Gasteiger partial charge in [0.15, 0.2) is 0 Å². The number of para-hydroxylation sites is 1. The molecule has 0 saturated heterocycles. The second kappa shape index (κ2) is 8.44. The molecule has 2 heteroatoms. The molecule has 0 aliphatic heterocycles. The number of benzene rings is 6. The summed E-state index contributed by atoms with van der Waals surface area (Å²) < 4.78 is 6.25. The molecule has 0 aliphatic rings. The minimum Gasteiger partial charge on any atom is -0.456 e. The zero-order chi connectivity index (χ0) is 23.9. The highest BCUT2D eigenvalue weighted by Crippen LogP contribution is 2.40. The van der Waals surface area contributed by atoms with Gasteiger partial charge >= 0.3 is 0 Å². The second-order valence-electron chi connectivity index (χ2n) is 9.06. The molecule has 7 aromatic rings. The third-order valence-electron chi connectivity index (χ3n) is 6.88. The molecule has 1 aromatic heterocycles. The Bertz CT molecular complexity index is 1860. The van der Waals surface area contributed by atoms with Crippen LogP contribution in [0.3, 0.4) is 0 Å². The minimum absolute atomic E-state index is 0.878. The lowest BCUT2D eigenvalue weighted by Gasteiger charge is -2.15. The van der Waals surface area contributed by atoms with E-state index in [9.17, 15) is 0 Å². The first-order valence-corrected chi connectivity index (χ1v) is 12.2. The Labute approximate surface area is 209 Å². The van der Waals surface area contributed by atoms with Crippen molar-refractivity contribution in [1.29, 1.82) is 0 Å². The van der Waals surface area contributed by atoms with Crippen molar-refractivity contribution in [2.45, 2.75) is 0 Å². The topological polar surface area (TPSA) is 25.2 Å². The van der Waals surface area contributed by atoms with Crippen LogP contribution in [0.5, 0.6) is 0 Å². The Balaban J connectivity index is 1.39. The van der Waals surface area contributed by atoms with Crippen LogP contribution >= 0.6 is 0 Å². The molecule has 0 fully saturated rings. The van der Waals surface area contributed by atoms with Crippen LogP contribution in [0.15, 0.2) is 138 Å². The Hall–Kier alpha value is -4.82. The predicted octanol–water partition coefficient (Wildman–Crippen LogP) is 9.82. The van der Waals surface area contributed by atoms with E-state index in [1.54, 1.807) is 0 Å². The van der Waals surface area contributed by atoms with Gasteiger partial charge < -0.3 is 9.73 Å². The van der Waals surface area contributed by atoms with Crippen molar-refractivity contribution in [3.63, 3.8) is 0 Å². The van der Waals surface area contributed by atoms with Crippen molar-refractivity contribution in [2.75, 3.05) is 5.32 Å². The van der Waals surface area contributed by atoms with E-state index in [0.29, 0.717) is 0 Å². The van der Waals surface area contributed by atoms with Gasteiger partial charge in [0, 0.05) is 16.6 Å². The summed E-state index contributed by atoms with van der Waals surface area (Å²) in [4.78, 5) is 0. The third-order valence-corrected chi connectivity index (χ3v) is 6.88. The first-order chi connectivity index (χ1) is 17.8. The fourth-order valence-electron chi connectivity index (χ4n) is 5.17. The van der Waals surface area contributed by atoms with Gasteiger partial charge in [-0.05, 0) is 57.8 Å². The van der Waals surface area contributed by atoms with Gasteiger partial charge in [-0.3, -0.25) is 0 Å². The zero-order valence-electron chi connectivity index (χ0n) is 19.6. The van der Waals surface area contributed by atoms with Crippen LogP contribution in [-0.4, -0.2) is 0 Å². The van der Waals surface area contributed by atoms with Crippen LogP contribution in [0.2, 0.25) is 0 Å². The molecule has 0 unspecified atom stereocenters. The van der Waals surface area contributed by atoms with E-state index in [2.05, 4.69) is 121 Å². The number of fused-ring (bicyclic) bond motifs is 4. The lowest BCUT2D eigenvalue weighted by Crippen LogP contribution is -1.94. The fourth-order valence-corrected chi connectivity index (χ4v) is 5.17. The highest BCUT2D eigenvalue weighted by molar-refractivity contribution is 6.13. The summed E-state index contributed by atoms with van der Waals surface area (Å²) in [6, 6.07) is 46.7. The molecule has 7 rings (SSSR count). The second-order valence-corrected chi connectivity index (χ2v) is 9.06. The van der Waals surface area contributed by atoms with E-state index >= 15 is 0 Å². The Morgan fingerprint density at radius 2 is 1.17 bits per heavy atom. The van der Waals surface area contributed by atoms with Crippen LogP contribution in [0.4, 0.5) is 11.4 Å². The summed E-state index contributed by atoms with van der Waals surface area (Å²) in [6.07, 6.45) is 0. The first kappa shape index (κ1) is 20.5. The molecular formula is C34H23NO. The summed E-state index contributed by atoms with van der Waals surface area (Å²) in [7, 11) is 0. The SMILES string of the molecule is c1ccc(-c2ccc3oc4cccc(Nc5ccccc5-c5cccc6ccccc56)c4c3c2)cc1. The summed E-state index contributed by atoms with van der Waals surface area (Å²) in [6.45, 7) is 0. The maximum atomic E-state index is 6.25. The van der Waals surface area contributed by atoms with Gasteiger partial charge in [0.1, 0.15) is 11.2 Å². The lowest BCUT2D eigenvalue weighted by atomic mass is 9.97. The molecule has 1 N–H and O–H groups in total. The molecular weight excluding hydrogens is 438 g/mol. The number of furan rings is 1. The Morgan fingerprint density at radius 1 is 0.444 bits per heavy atom. The number of hydrogen-bond donors (Lipinski definition) is 1. The van der Waals surface area contributed by atoms with E-state index in [-0.39, 0.29) is 0 Å². The van der Waals surface area contributed by atoms with Crippen LogP contribution in [0.25, 0.3) is 55.0 Å². The summed E-state index contributed by atoms with van der Waals surface area (Å²) in [5, 5.41) is 8.44. The number of rotatable bonds is 4. The van der Waals surface area contributed by atoms with Crippen LogP contribution < -0.4 is 5.32 Å². The van der Waals surface area contributed by atoms with Gasteiger partial charge in [-0.15, -0.1) is 0 Å². The van der Waals surface area contributed by atoms with E-state index in [0.717, 1.165) is 33.3 Å². The maximum Gasteiger partial charge on any atom is 0.137 e. The van der Waals surface area contributed by atoms with Crippen LogP contribution in [0.1, 0.15) is 0 Å². The molecule has 1 heterocycles. The summed E-state index contributed by atoms with van der Waals surface area (Å²) >= 11 is 0. The molecule has 2 nitrogen and oxygen atoms in total. The highest BCUT2D eigenvalue weighted by Gasteiger charge is 2.14. The smallest absolute Gasteiger partial charge is 0.137 e. The molecule has 170 valence electrons. The largest absolute Gasteiger partial charge is 0.456 e. The monoisotopic (exact) mass is 461 g/mol. The average Bonchev–Trinajstić information content (AvgIpc) is 3.32. The molecule has 0 radical (unpaired) electrons. The minimum atomic E-state index is 0.878. The highest BCUT2D eigenvalue weighted by atomic mass is 16.3. The average molecular weight is 462 g/mol. The fraction of sp³-hybridized carbons (Fsp3) is 0. The van der Waals surface area contributed by atoms with Crippen molar-refractivity contribution in [3.8, 4) is 22.3 Å². The van der Waals surface area contributed by atoms with Crippen molar-refractivity contribution in [3.05, 3.63) is 133 Å². The first-order valence-electron chi connectivity index (χ1n) is 12.2. The van der Waals surface area contributed by atoms with Gasteiger partial charge in [-0.25, -0.2) is 0 Å². The lowest BCUT2D eigenvalue weighted by molar-refractivity contribution is 0.669. The normalized spacial score (nSPS) is 11.3. The molecule has 36 heavy (non-hydrogen) atoms. The van der Waals surface area contributed by atoms with E-state index < -0.39 is 0 Å². The predicted molar refractivity (Wildman–Crippen MR) is 152 cm³/mol.